The zero-order valence-electron chi connectivity index (χ0n) is 10.3. The molecule has 0 saturated carbocycles. The molecule has 1 N–H and O–H groups in total. The molecule has 1 aromatic carbocycles. The fourth-order valence-corrected chi connectivity index (χ4v) is 3.23. The van der Waals surface area contributed by atoms with Crippen molar-refractivity contribution in [2.45, 2.75) is 20.4 Å². The van der Waals surface area contributed by atoms with Gasteiger partial charge in [-0.3, -0.25) is 0 Å². The van der Waals surface area contributed by atoms with Gasteiger partial charge in [-0.05, 0) is 31.7 Å². The summed E-state index contributed by atoms with van der Waals surface area (Å²) in [4.78, 5) is 5.82. The van der Waals surface area contributed by atoms with Crippen LogP contribution in [0.1, 0.15) is 17.5 Å². The van der Waals surface area contributed by atoms with Crippen molar-refractivity contribution in [3.8, 4) is 10.6 Å². The maximum atomic E-state index is 6.20. The fraction of sp³-hybridized carbons (Fsp3) is 0.308. The number of benzene rings is 1. The molecule has 0 spiro atoms. The van der Waals surface area contributed by atoms with Crippen LogP contribution in [0.5, 0.6) is 0 Å². The third-order valence-electron chi connectivity index (χ3n) is 2.59. The van der Waals surface area contributed by atoms with Crippen molar-refractivity contribution in [2.24, 2.45) is 0 Å². The summed E-state index contributed by atoms with van der Waals surface area (Å²) in [5.74, 6) is 0. The van der Waals surface area contributed by atoms with Gasteiger partial charge in [0.2, 0.25) is 0 Å². The monoisotopic (exact) mass is 300 g/mol. The number of halogens is 2. The lowest BCUT2D eigenvalue weighted by Gasteiger charge is -2.00. The minimum atomic E-state index is 0.643. The van der Waals surface area contributed by atoms with Crippen LogP contribution in [-0.4, -0.2) is 11.5 Å². The summed E-state index contributed by atoms with van der Waals surface area (Å²) in [5, 5.41) is 5.54. The van der Waals surface area contributed by atoms with E-state index in [-0.39, 0.29) is 0 Å². The molecule has 0 aliphatic rings. The van der Waals surface area contributed by atoms with Crippen molar-refractivity contribution in [3.63, 3.8) is 0 Å². The van der Waals surface area contributed by atoms with Crippen molar-refractivity contribution in [1.82, 2.24) is 10.3 Å². The van der Waals surface area contributed by atoms with Gasteiger partial charge in [-0.2, -0.15) is 0 Å². The first-order chi connectivity index (χ1) is 8.61. The Hall–Kier alpha value is -0.610. The molecule has 18 heavy (non-hydrogen) atoms. The molecule has 2 aromatic rings. The molecule has 0 bridgehead atoms. The molecule has 2 nitrogen and oxygen atoms in total. The van der Waals surface area contributed by atoms with Crippen LogP contribution in [0.3, 0.4) is 0 Å². The average Bonchev–Trinajstić information content (AvgIpc) is 2.68. The summed E-state index contributed by atoms with van der Waals surface area (Å²) in [7, 11) is 0. The topological polar surface area (TPSA) is 24.9 Å². The minimum absolute atomic E-state index is 0.643. The molecule has 1 heterocycles. The zero-order valence-corrected chi connectivity index (χ0v) is 12.6. The number of aryl methyl sites for hydroxylation is 1. The van der Waals surface area contributed by atoms with Gasteiger partial charge < -0.3 is 5.32 Å². The summed E-state index contributed by atoms with van der Waals surface area (Å²) in [5.41, 5.74) is 2.00. The molecule has 2 rings (SSSR count). The summed E-state index contributed by atoms with van der Waals surface area (Å²) >= 11 is 13.8. The van der Waals surface area contributed by atoms with Crippen LogP contribution in [0.15, 0.2) is 18.2 Å². The Balaban J connectivity index is 2.33. The van der Waals surface area contributed by atoms with E-state index in [0.717, 1.165) is 29.4 Å². The highest BCUT2D eigenvalue weighted by Gasteiger charge is 2.12. The van der Waals surface area contributed by atoms with E-state index in [0.29, 0.717) is 10.0 Å². The Bertz CT molecular complexity index is 552. The molecular weight excluding hydrogens is 287 g/mol. The standard InChI is InChI=1S/C13H14Cl2N2S/c1-3-16-7-12-8(2)17-13(18-12)10-5-4-9(14)6-11(10)15/h4-6,16H,3,7H2,1-2H3. The third kappa shape index (κ3) is 3.04. The van der Waals surface area contributed by atoms with Gasteiger partial charge in [-0.25, -0.2) is 4.98 Å². The summed E-state index contributed by atoms with van der Waals surface area (Å²) in [6, 6.07) is 5.50. The van der Waals surface area contributed by atoms with E-state index in [1.54, 1.807) is 17.4 Å². The molecule has 0 aliphatic heterocycles. The van der Waals surface area contributed by atoms with Crippen LogP contribution >= 0.6 is 34.5 Å². The zero-order chi connectivity index (χ0) is 13.1. The highest BCUT2D eigenvalue weighted by atomic mass is 35.5. The van der Waals surface area contributed by atoms with Gasteiger partial charge in [0.05, 0.1) is 10.7 Å². The Kier molecular flexibility index (Phi) is 4.62. The van der Waals surface area contributed by atoms with Gasteiger partial charge >= 0.3 is 0 Å². The SMILES string of the molecule is CCNCc1sc(-c2ccc(Cl)cc2Cl)nc1C. The van der Waals surface area contributed by atoms with Gasteiger partial charge in [-0.15, -0.1) is 11.3 Å². The van der Waals surface area contributed by atoms with Crippen LogP contribution < -0.4 is 5.32 Å². The average molecular weight is 301 g/mol. The predicted molar refractivity (Wildman–Crippen MR) is 79.7 cm³/mol. The number of aromatic nitrogens is 1. The van der Waals surface area contributed by atoms with Gasteiger partial charge in [-0.1, -0.05) is 30.1 Å². The molecular formula is C13H14Cl2N2S. The number of hydrogen-bond acceptors (Lipinski definition) is 3. The molecule has 5 heteroatoms. The van der Waals surface area contributed by atoms with Crippen molar-refractivity contribution < 1.29 is 0 Å². The molecule has 0 atom stereocenters. The first-order valence-corrected chi connectivity index (χ1v) is 7.31. The van der Waals surface area contributed by atoms with E-state index >= 15 is 0 Å². The van der Waals surface area contributed by atoms with Crippen molar-refractivity contribution in [2.75, 3.05) is 6.54 Å². The smallest absolute Gasteiger partial charge is 0.125 e. The van der Waals surface area contributed by atoms with E-state index in [1.165, 1.54) is 4.88 Å². The maximum Gasteiger partial charge on any atom is 0.125 e. The van der Waals surface area contributed by atoms with E-state index in [2.05, 4.69) is 17.2 Å². The van der Waals surface area contributed by atoms with Gasteiger partial charge in [0, 0.05) is 22.0 Å². The molecule has 96 valence electrons. The lowest BCUT2D eigenvalue weighted by Crippen LogP contribution is -2.11. The van der Waals surface area contributed by atoms with Crippen LogP contribution in [0.2, 0.25) is 10.0 Å². The van der Waals surface area contributed by atoms with Crippen LogP contribution in [-0.2, 0) is 6.54 Å². The second kappa shape index (κ2) is 6.02. The number of hydrogen-bond donors (Lipinski definition) is 1. The molecule has 1 aromatic heterocycles. The molecule has 0 amide bonds. The Morgan fingerprint density at radius 1 is 1.33 bits per heavy atom. The fourth-order valence-electron chi connectivity index (χ4n) is 1.61. The first-order valence-electron chi connectivity index (χ1n) is 5.74. The van der Waals surface area contributed by atoms with E-state index in [1.807, 2.05) is 19.1 Å². The molecule has 0 unspecified atom stereocenters. The number of rotatable bonds is 4. The van der Waals surface area contributed by atoms with Gasteiger partial charge in [0.15, 0.2) is 0 Å². The predicted octanol–water partition coefficient (Wildman–Crippen LogP) is 4.53. The first kappa shape index (κ1) is 13.8. The lowest BCUT2D eigenvalue weighted by molar-refractivity contribution is 0.731. The Labute approximate surface area is 121 Å². The summed E-state index contributed by atoms with van der Waals surface area (Å²) < 4.78 is 0. The minimum Gasteiger partial charge on any atom is -0.312 e. The van der Waals surface area contributed by atoms with E-state index in [9.17, 15) is 0 Å². The molecule has 0 saturated heterocycles. The molecule has 0 fully saturated rings. The number of nitrogens with one attached hydrogen (secondary N) is 1. The molecule has 0 radical (unpaired) electrons. The third-order valence-corrected chi connectivity index (χ3v) is 4.33. The highest BCUT2D eigenvalue weighted by Crippen LogP contribution is 2.34. The van der Waals surface area contributed by atoms with Gasteiger partial charge in [0.1, 0.15) is 5.01 Å². The van der Waals surface area contributed by atoms with E-state index in [4.69, 9.17) is 23.2 Å². The largest absolute Gasteiger partial charge is 0.312 e. The Morgan fingerprint density at radius 2 is 2.11 bits per heavy atom. The van der Waals surface area contributed by atoms with Gasteiger partial charge in [0.25, 0.3) is 0 Å². The van der Waals surface area contributed by atoms with E-state index < -0.39 is 0 Å². The van der Waals surface area contributed by atoms with Crippen LogP contribution in [0.4, 0.5) is 0 Å². The van der Waals surface area contributed by atoms with Crippen molar-refractivity contribution in [1.29, 1.82) is 0 Å². The molecule has 0 aliphatic carbocycles. The summed E-state index contributed by atoms with van der Waals surface area (Å²) in [6.07, 6.45) is 0. The lowest BCUT2D eigenvalue weighted by atomic mass is 10.2. The van der Waals surface area contributed by atoms with Crippen LogP contribution in [0.25, 0.3) is 10.6 Å². The number of thiazole rings is 1. The second-order valence-electron chi connectivity index (χ2n) is 3.93. The normalized spacial score (nSPS) is 10.9. The second-order valence-corrected chi connectivity index (χ2v) is 5.86. The quantitative estimate of drug-likeness (QED) is 0.897. The maximum absolute atomic E-state index is 6.20. The number of nitrogens with zero attached hydrogens (tertiary/aromatic N) is 1. The Morgan fingerprint density at radius 3 is 2.78 bits per heavy atom. The van der Waals surface area contributed by atoms with Crippen LogP contribution in [0, 0.1) is 6.92 Å². The highest BCUT2D eigenvalue weighted by molar-refractivity contribution is 7.15. The summed E-state index contributed by atoms with van der Waals surface area (Å²) in [6.45, 7) is 5.92. The van der Waals surface area contributed by atoms with Crippen molar-refractivity contribution >= 4 is 34.5 Å². The van der Waals surface area contributed by atoms with Crippen molar-refractivity contribution in [3.05, 3.63) is 38.8 Å².